The van der Waals surface area contributed by atoms with Gasteiger partial charge in [0.25, 0.3) is 0 Å². The van der Waals surface area contributed by atoms with E-state index < -0.39 is 0 Å². The molecular formula is C18H22N2O3. The van der Waals surface area contributed by atoms with Gasteiger partial charge in [0.2, 0.25) is 5.91 Å². The van der Waals surface area contributed by atoms with Gasteiger partial charge >= 0.3 is 0 Å². The Balaban J connectivity index is 1.40. The minimum absolute atomic E-state index is 0.0903. The topological polar surface area (TPSA) is 54.7 Å². The lowest BCUT2D eigenvalue weighted by Crippen LogP contribution is -2.38. The Bertz CT molecular complexity index is 639. The number of rotatable bonds is 6. The van der Waals surface area contributed by atoms with Gasteiger partial charge in [-0.05, 0) is 31.2 Å². The Labute approximate surface area is 135 Å². The highest BCUT2D eigenvalue weighted by Crippen LogP contribution is 2.19. The van der Waals surface area contributed by atoms with Crippen LogP contribution in [0, 0.1) is 0 Å². The van der Waals surface area contributed by atoms with E-state index in [9.17, 15) is 4.79 Å². The lowest BCUT2D eigenvalue weighted by Gasteiger charge is -2.26. The monoisotopic (exact) mass is 314 g/mol. The normalized spacial score (nSPS) is 16.2. The van der Waals surface area contributed by atoms with Crippen molar-refractivity contribution in [3.05, 3.63) is 42.2 Å². The molecule has 0 spiro atoms. The second-order valence-corrected chi connectivity index (χ2v) is 5.62. The number of amides is 1. The Kier molecular flexibility index (Phi) is 5.45. The lowest BCUT2D eigenvalue weighted by molar-refractivity contribution is -0.116. The summed E-state index contributed by atoms with van der Waals surface area (Å²) in [6.07, 6.45) is 4.17. The van der Waals surface area contributed by atoms with E-state index in [0.29, 0.717) is 12.3 Å². The molecule has 1 aromatic heterocycles. The maximum absolute atomic E-state index is 11.8. The molecule has 1 saturated heterocycles. The third kappa shape index (κ3) is 4.68. The Hall–Kier alpha value is -2.11. The number of hydrogen-bond donors (Lipinski definition) is 1. The van der Waals surface area contributed by atoms with Crippen molar-refractivity contribution in [2.75, 3.05) is 39.4 Å². The third-order valence-corrected chi connectivity index (χ3v) is 3.90. The van der Waals surface area contributed by atoms with Crippen LogP contribution >= 0.6 is 0 Å². The van der Waals surface area contributed by atoms with E-state index >= 15 is 0 Å². The van der Waals surface area contributed by atoms with Crippen LogP contribution < -0.4 is 5.32 Å². The van der Waals surface area contributed by atoms with Crippen LogP contribution in [0.15, 0.2) is 40.8 Å². The van der Waals surface area contributed by atoms with E-state index in [-0.39, 0.29) is 5.91 Å². The van der Waals surface area contributed by atoms with E-state index in [4.69, 9.17) is 9.15 Å². The van der Waals surface area contributed by atoms with Crippen LogP contribution in [0.1, 0.15) is 12.2 Å². The molecule has 0 saturated carbocycles. The average Bonchev–Trinajstić information content (AvgIpc) is 3.01. The highest BCUT2D eigenvalue weighted by atomic mass is 16.5. The second kappa shape index (κ2) is 7.94. The highest BCUT2D eigenvalue weighted by molar-refractivity contribution is 5.92. The lowest BCUT2D eigenvalue weighted by atomic mass is 10.2. The molecular weight excluding hydrogens is 292 g/mol. The van der Waals surface area contributed by atoms with Gasteiger partial charge in [0, 0.05) is 31.1 Å². The second-order valence-electron chi connectivity index (χ2n) is 5.62. The predicted octanol–water partition coefficient (Wildman–Crippen LogP) is 2.28. The number of carbonyl (C=O) groups is 1. The summed E-state index contributed by atoms with van der Waals surface area (Å²) in [5.74, 6) is 0.599. The molecule has 1 aliphatic rings. The Morgan fingerprint density at radius 2 is 2.09 bits per heavy atom. The Morgan fingerprint density at radius 3 is 2.91 bits per heavy atom. The quantitative estimate of drug-likeness (QED) is 0.656. The minimum atomic E-state index is -0.0903. The van der Waals surface area contributed by atoms with Crippen LogP contribution in [0.25, 0.3) is 17.0 Å². The summed E-state index contributed by atoms with van der Waals surface area (Å²) in [7, 11) is 0. The number of hydrogen-bond acceptors (Lipinski definition) is 4. The van der Waals surface area contributed by atoms with Crippen molar-refractivity contribution < 1.29 is 13.9 Å². The summed E-state index contributed by atoms with van der Waals surface area (Å²) in [5, 5.41) is 3.94. The van der Waals surface area contributed by atoms with Crippen molar-refractivity contribution in [3.8, 4) is 0 Å². The first-order valence-electron chi connectivity index (χ1n) is 8.06. The zero-order chi connectivity index (χ0) is 15.9. The van der Waals surface area contributed by atoms with Gasteiger partial charge in [-0.3, -0.25) is 9.69 Å². The van der Waals surface area contributed by atoms with Crippen molar-refractivity contribution in [1.29, 1.82) is 0 Å². The number of morpholine rings is 1. The van der Waals surface area contributed by atoms with Crippen LogP contribution in [0.2, 0.25) is 0 Å². The molecule has 1 N–H and O–H groups in total. The average molecular weight is 314 g/mol. The molecule has 5 heteroatoms. The summed E-state index contributed by atoms with van der Waals surface area (Å²) in [6, 6.07) is 9.73. The highest BCUT2D eigenvalue weighted by Gasteiger charge is 2.09. The number of nitrogens with one attached hydrogen (secondary N) is 1. The molecule has 2 heterocycles. The third-order valence-electron chi connectivity index (χ3n) is 3.90. The van der Waals surface area contributed by atoms with E-state index in [1.54, 1.807) is 6.08 Å². The number of benzene rings is 1. The number of ether oxygens (including phenoxy) is 1. The smallest absolute Gasteiger partial charge is 0.244 e. The van der Waals surface area contributed by atoms with E-state index in [0.717, 1.165) is 50.2 Å². The SMILES string of the molecule is O=C(/C=C/c1cc2ccccc2o1)NCCCN1CCOCC1. The fourth-order valence-electron chi connectivity index (χ4n) is 2.64. The predicted molar refractivity (Wildman–Crippen MR) is 90.1 cm³/mol. The minimum Gasteiger partial charge on any atom is -0.457 e. The van der Waals surface area contributed by atoms with Crippen LogP contribution in [-0.2, 0) is 9.53 Å². The fraction of sp³-hybridized carbons (Fsp3) is 0.389. The maximum atomic E-state index is 11.8. The summed E-state index contributed by atoms with van der Waals surface area (Å²) >= 11 is 0. The molecule has 1 aromatic carbocycles. The maximum Gasteiger partial charge on any atom is 0.244 e. The molecule has 0 unspecified atom stereocenters. The molecule has 1 amide bonds. The molecule has 23 heavy (non-hydrogen) atoms. The van der Waals surface area contributed by atoms with Gasteiger partial charge in [-0.15, -0.1) is 0 Å². The molecule has 2 aromatic rings. The zero-order valence-electron chi connectivity index (χ0n) is 13.2. The van der Waals surface area contributed by atoms with E-state index in [1.807, 2.05) is 30.3 Å². The van der Waals surface area contributed by atoms with Crippen LogP contribution in [-0.4, -0.2) is 50.2 Å². The number of nitrogens with zero attached hydrogens (tertiary/aromatic N) is 1. The largest absolute Gasteiger partial charge is 0.457 e. The summed E-state index contributed by atoms with van der Waals surface area (Å²) in [4.78, 5) is 14.2. The zero-order valence-corrected chi connectivity index (χ0v) is 13.2. The van der Waals surface area contributed by atoms with E-state index in [1.165, 1.54) is 6.08 Å². The van der Waals surface area contributed by atoms with Crippen LogP contribution in [0.3, 0.4) is 0 Å². The van der Waals surface area contributed by atoms with Gasteiger partial charge in [0.05, 0.1) is 13.2 Å². The molecule has 0 aliphatic carbocycles. The van der Waals surface area contributed by atoms with Crippen molar-refractivity contribution in [3.63, 3.8) is 0 Å². The number of furan rings is 1. The van der Waals surface area contributed by atoms with Crippen molar-refractivity contribution in [2.45, 2.75) is 6.42 Å². The Morgan fingerprint density at radius 1 is 1.26 bits per heavy atom. The first-order valence-corrected chi connectivity index (χ1v) is 8.06. The van der Waals surface area contributed by atoms with Gasteiger partial charge < -0.3 is 14.5 Å². The molecule has 1 aliphatic heterocycles. The first-order chi connectivity index (χ1) is 11.3. The molecule has 3 rings (SSSR count). The number of fused-ring (bicyclic) bond motifs is 1. The van der Waals surface area contributed by atoms with Crippen LogP contribution in [0.4, 0.5) is 0 Å². The molecule has 1 fully saturated rings. The molecule has 5 nitrogen and oxygen atoms in total. The van der Waals surface area contributed by atoms with E-state index in [2.05, 4.69) is 10.2 Å². The first kappa shape index (κ1) is 15.8. The number of para-hydroxylation sites is 1. The van der Waals surface area contributed by atoms with Crippen molar-refractivity contribution in [2.24, 2.45) is 0 Å². The van der Waals surface area contributed by atoms with Gasteiger partial charge in [-0.1, -0.05) is 18.2 Å². The van der Waals surface area contributed by atoms with Gasteiger partial charge in [0.1, 0.15) is 11.3 Å². The molecule has 0 bridgehead atoms. The molecule has 122 valence electrons. The molecule has 0 radical (unpaired) electrons. The van der Waals surface area contributed by atoms with Crippen LogP contribution in [0.5, 0.6) is 0 Å². The van der Waals surface area contributed by atoms with Gasteiger partial charge in [-0.25, -0.2) is 0 Å². The summed E-state index contributed by atoms with van der Waals surface area (Å²) < 4.78 is 10.9. The standard InChI is InChI=1S/C18H22N2O3/c21-18(19-8-3-9-20-10-12-22-13-11-20)7-6-16-14-15-4-1-2-5-17(15)23-16/h1-2,4-7,14H,3,8-13H2,(H,19,21)/b7-6+. The van der Waals surface area contributed by atoms with Crippen molar-refractivity contribution in [1.82, 2.24) is 10.2 Å². The van der Waals surface area contributed by atoms with Crippen molar-refractivity contribution >= 4 is 23.0 Å². The molecule has 0 atom stereocenters. The summed E-state index contributed by atoms with van der Waals surface area (Å²) in [6.45, 7) is 5.27. The number of carbonyl (C=O) groups excluding carboxylic acids is 1. The van der Waals surface area contributed by atoms with Gasteiger partial charge in [0.15, 0.2) is 0 Å². The summed E-state index contributed by atoms with van der Waals surface area (Å²) in [5.41, 5.74) is 0.832. The van der Waals surface area contributed by atoms with Gasteiger partial charge in [-0.2, -0.15) is 0 Å². The fourth-order valence-corrected chi connectivity index (χ4v) is 2.64.